The molecule has 2 rings (SSSR count). The number of fused-ring (bicyclic) bond motifs is 1. The van der Waals surface area contributed by atoms with Gasteiger partial charge in [0.05, 0.1) is 10.0 Å². The van der Waals surface area contributed by atoms with Crippen molar-refractivity contribution in [1.82, 2.24) is 0 Å². The van der Waals surface area contributed by atoms with Crippen molar-refractivity contribution in [2.75, 3.05) is 0 Å². The second kappa shape index (κ2) is 3.50. The van der Waals surface area contributed by atoms with Crippen LogP contribution in [0.1, 0.15) is 0 Å². The Morgan fingerprint density at radius 2 is 1.36 bits per heavy atom. The first kappa shape index (κ1) is 9.91. The first-order valence-electron chi connectivity index (χ1n) is 3.87. The van der Waals surface area contributed by atoms with E-state index < -0.39 is 0 Å². The molecule has 0 spiro atoms. The third-order valence-corrected chi connectivity index (χ3v) is 3.34. The molecule has 0 heterocycles. The van der Waals surface area contributed by atoms with Crippen molar-refractivity contribution in [3.63, 3.8) is 0 Å². The van der Waals surface area contributed by atoms with E-state index in [-0.39, 0.29) is 15.8 Å². The van der Waals surface area contributed by atoms with Gasteiger partial charge in [-0.25, -0.2) is 0 Å². The molecule has 0 saturated carbocycles. The molecule has 0 unspecified atom stereocenters. The maximum atomic E-state index is 9.69. The van der Waals surface area contributed by atoms with Crippen LogP contribution < -0.4 is 0 Å². The van der Waals surface area contributed by atoms with Crippen LogP contribution in [0.25, 0.3) is 10.8 Å². The summed E-state index contributed by atoms with van der Waals surface area (Å²) in [6.07, 6.45) is 0. The highest BCUT2D eigenvalue weighted by molar-refractivity contribution is 6.51. The summed E-state index contributed by atoms with van der Waals surface area (Å²) < 4.78 is 0. The predicted molar refractivity (Wildman–Crippen MR) is 60.6 cm³/mol. The summed E-state index contributed by atoms with van der Waals surface area (Å²) in [5.41, 5.74) is 0. The maximum absolute atomic E-state index is 9.69. The average molecular weight is 248 g/mol. The van der Waals surface area contributed by atoms with Crippen molar-refractivity contribution < 1.29 is 5.11 Å². The van der Waals surface area contributed by atoms with Crippen LogP contribution in [0.15, 0.2) is 24.3 Å². The van der Waals surface area contributed by atoms with E-state index in [4.69, 9.17) is 34.8 Å². The second-order valence-corrected chi connectivity index (χ2v) is 3.97. The van der Waals surface area contributed by atoms with Gasteiger partial charge in [-0.1, -0.05) is 59.1 Å². The first-order valence-corrected chi connectivity index (χ1v) is 5.00. The summed E-state index contributed by atoms with van der Waals surface area (Å²) >= 11 is 17.6. The monoisotopic (exact) mass is 246 g/mol. The van der Waals surface area contributed by atoms with Crippen LogP contribution in [-0.4, -0.2) is 5.11 Å². The zero-order valence-electron chi connectivity index (χ0n) is 6.89. The molecule has 1 nitrogen and oxygen atoms in total. The van der Waals surface area contributed by atoms with E-state index in [0.29, 0.717) is 15.8 Å². The van der Waals surface area contributed by atoms with Crippen molar-refractivity contribution in [2.24, 2.45) is 0 Å². The van der Waals surface area contributed by atoms with Gasteiger partial charge >= 0.3 is 0 Å². The Labute approximate surface area is 95.8 Å². The van der Waals surface area contributed by atoms with Crippen molar-refractivity contribution in [1.29, 1.82) is 0 Å². The molecule has 1 N–H and O–H groups in total. The largest absolute Gasteiger partial charge is 0.506 e. The third kappa shape index (κ3) is 1.33. The van der Waals surface area contributed by atoms with Crippen molar-refractivity contribution in [3.05, 3.63) is 39.3 Å². The molecule has 72 valence electrons. The first-order chi connectivity index (χ1) is 6.63. The van der Waals surface area contributed by atoms with E-state index in [2.05, 4.69) is 0 Å². The van der Waals surface area contributed by atoms with Crippen LogP contribution in [0.2, 0.25) is 15.1 Å². The van der Waals surface area contributed by atoms with Gasteiger partial charge in [-0.15, -0.1) is 0 Å². The van der Waals surface area contributed by atoms with Crippen LogP contribution in [0.3, 0.4) is 0 Å². The highest BCUT2D eigenvalue weighted by Crippen LogP contribution is 2.43. The molecule has 0 aliphatic rings. The Morgan fingerprint density at radius 1 is 0.786 bits per heavy atom. The van der Waals surface area contributed by atoms with E-state index in [1.807, 2.05) is 6.07 Å². The van der Waals surface area contributed by atoms with Crippen LogP contribution >= 0.6 is 34.8 Å². The Balaban J connectivity index is 3.02. The van der Waals surface area contributed by atoms with Crippen LogP contribution in [-0.2, 0) is 0 Å². The fourth-order valence-corrected chi connectivity index (χ4v) is 2.01. The molecule has 0 fully saturated rings. The molecule has 0 aliphatic heterocycles. The average Bonchev–Trinajstić information content (AvgIpc) is 2.23. The van der Waals surface area contributed by atoms with Gasteiger partial charge in [-0.3, -0.25) is 0 Å². The number of hydrogen-bond donors (Lipinski definition) is 1. The van der Waals surface area contributed by atoms with Crippen molar-refractivity contribution in [3.8, 4) is 5.75 Å². The number of halogens is 3. The summed E-state index contributed by atoms with van der Waals surface area (Å²) in [6, 6.07) is 7.12. The zero-order chi connectivity index (χ0) is 10.3. The van der Waals surface area contributed by atoms with Gasteiger partial charge < -0.3 is 5.11 Å². The standard InChI is InChI=1S/C10H5Cl3O/c11-7-5-3-1-2-4-6(5)10(14)9(13)8(7)12/h1-4,14H. The summed E-state index contributed by atoms with van der Waals surface area (Å²) in [7, 11) is 0. The molecule has 0 radical (unpaired) electrons. The summed E-state index contributed by atoms with van der Waals surface area (Å²) in [6.45, 7) is 0. The van der Waals surface area contributed by atoms with Gasteiger partial charge in [-0.05, 0) is 0 Å². The number of benzene rings is 2. The molecule has 0 aliphatic carbocycles. The summed E-state index contributed by atoms with van der Waals surface area (Å²) in [5, 5.41) is 11.6. The minimum absolute atomic E-state index is 0.0309. The molecule has 0 aromatic heterocycles. The van der Waals surface area contributed by atoms with Gasteiger partial charge in [0.25, 0.3) is 0 Å². The molecule has 14 heavy (non-hydrogen) atoms. The van der Waals surface area contributed by atoms with Crippen molar-refractivity contribution >= 4 is 45.6 Å². The van der Waals surface area contributed by atoms with Gasteiger partial charge in [0.15, 0.2) is 0 Å². The second-order valence-electron chi connectivity index (χ2n) is 2.84. The number of aromatic hydroxyl groups is 1. The van der Waals surface area contributed by atoms with Gasteiger partial charge in [0.2, 0.25) is 0 Å². The lowest BCUT2D eigenvalue weighted by molar-refractivity contribution is 0.482. The lowest BCUT2D eigenvalue weighted by Crippen LogP contribution is -1.79. The normalized spacial score (nSPS) is 10.8. The lowest BCUT2D eigenvalue weighted by Gasteiger charge is -2.07. The third-order valence-electron chi connectivity index (χ3n) is 2.01. The minimum atomic E-state index is -0.0309. The van der Waals surface area contributed by atoms with E-state index in [1.165, 1.54) is 0 Å². The van der Waals surface area contributed by atoms with E-state index in [0.717, 1.165) is 0 Å². The molecule has 2 aromatic rings. The van der Waals surface area contributed by atoms with Gasteiger partial charge in [0.1, 0.15) is 10.8 Å². The Bertz CT molecular complexity index is 462. The van der Waals surface area contributed by atoms with E-state index in [1.54, 1.807) is 18.2 Å². The van der Waals surface area contributed by atoms with Gasteiger partial charge in [-0.2, -0.15) is 0 Å². The Hall–Kier alpha value is -0.630. The fraction of sp³-hybridized carbons (Fsp3) is 0. The molecule has 0 saturated heterocycles. The molecule has 0 amide bonds. The molecular formula is C10H5Cl3O. The predicted octanol–water partition coefficient (Wildman–Crippen LogP) is 4.51. The number of phenols is 1. The molecule has 0 atom stereocenters. The Kier molecular flexibility index (Phi) is 2.48. The highest BCUT2D eigenvalue weighted by Gasteiger charge is 2.14. The number of rotatable bonds is 0. The lowest BCUT2D eigenvalue weighted by atomic mass is 10.1. The topological polar surface area (TPSA) is 20.2 Å². The molecule has 0 bridgehead atoms. The van der Waals surface area contributed by atoms with Crippen LogP contribution in [0.4, 0.5) is 0 Å². The van der Waals surface area contributed by atoms with E-state index >= 15 is 0 Å². The Morgan fingerprint density at radius 3 is 2.00 bits per heavy atom. The molecule has 2 aromatic carbocycles. The number of hydrogen-bond acceptors (Lipinski definition) is 1. The maximum Gasteiger partial charge on any atom is 0.143 e. The smallest absolute Gasteiger partial charge is 0.143 e. The summed E-state index contributed by atoms with van der Waals surface area (Å²) in [4.78, 5) is 0. The van der Waals surface area contributed by atoms with E-state index in [9.17, 15) is 5.11 Å². The molecule has 4 heteroatoms. The minimum Gasteiger partial charge on any atom is -0.506 e. The van der Waals surface area contributed by atoms with Crippen molar-refractivity contribution in [2.45, 2.75) is 0 Å². The zero-order valence-corrected chi connectivity index (χ0v) is 9.16. The van der Waals surface area contributed by atoms with Crippen LogP contribution in [0.5, 0.6) is 5.75 Å². The fourth-order valence-electron chi connectivity index (χ4n) is 1.32. The number of phenolic OH excluding ortho intramolecular Hbond substituents is 1. The summed E-state index contributed by atoms with van der Waals surface area (Å²) in [5.74, 6) is -0.0309. The van der Waals surface area contributed by atoms with Crippen LogP contribution in [0, 0.1) is 0 Å². The molecular weight excluding hydrogens is 242 g/mol. The highest BCUT2D eigenvalue weighted by atomic mass is 35.5. The van der Waals surface area contributed by atoms with Gasteiger partial charge in [0, 0.05) is 10.8 Å². The SMILES string of the molecule is Oc1c(Cl)c(Cl)c(Cl)c2ccccc12. The quantitative estimate of drug-likeness (QED) is 0.679.